The van der Waals surface area contributed by atoms with Crippen molar-refractivity contribution in [1.82, 2.24) is 4.72 Å². The Morgan fingerprint density at radius 1 is 1.00 bits per heavy atom. The Morgan fingerprint density at radius 3 is 2.09 bits per heavy atom. The summed E-state index contributed by atoms with van der Waals surface area (Å²) in [6.07, 6.45) is 0. The van der Waals surface area contributed by atoms with Gasteiger partial charge in [0.15, 0.2) is 0 Å². The van der Waals surface area contributed by atoms with Gasteiger partial charge in [0.25, 0.3) is 0 Å². The van der Waals surface area contributed by atoms with Gasteiger partial charge in [-0.1, -0.05) is 12.1 Å². The molecular formula is C14H15FN2O4S2. The summed E-state index contributed by atoms with van der Waals surface area (Å²) in [7, 11) is -7.74. The van der Waals surface area contributed by atoms with Crippen molar-refractivity contribution >= 4 is 20.0 Å². The third-order valence-corrected chi connectivity index (χ3v) is 5.51. The standard InChI is InChI=1S/C14H15FN2O4S2/c1-10-2-3-11(8-14(10)15)9-17-23(20,21)13-6-4-12(5-7-13)22(16,18)19/h2-8,17H,9H2,1H3,(H2,16,18,19). The molecule has 0 saturated heterocycles. The summed E-state index contributed by atoms with van der Waals surface area (Å²) in [5.74, 6) is -0.417. The van der Waals surface area contributed by atoms with E-state index in [2.05, 4.69) is 4.72 Å². The Kier molecular flexibility index (Phi) is 4.85. The maximum absolute atomic E-state index is 13.4. The largest absolute Gasteiger partial charge is 0.240 e. The molecule has 6 nitrogen and oxygen atoms in total. The molecule has 124 valence electrons. The molecule has 3 N–H and O–H groups in total. The van der Waals surface area contributed by atoms with Gasteiger partial charge in [-0.15, -0.1) is 0 Å². The fraction of sp³-hybridized carbons (Fsp3) is 0.143. The molecule has 2 aromatic carbocycles. The number of rotatable bonds is 5. The van der Waals surface area contributed by atoms with Crippen molar-refractivity contribution in [2.45, 2.75) is 23.3 Å². The van der Waals surface area contributed by atoms with Crippen LogP contribution in [0, 0.1) is 12.7 Å². The third-order valence-electron chi connectivity index (χ3n) is 3.17. The number of hydrogen-bond donors (Lipinski definition) is 2. The highest BCUT2D eigenvalue weighted by Gasteiger charge is 2.15. The van der Waals surface area contributed by atoms with Gasteiger partial charge in [-0.25, -0.2) is 31.1 Å². The smallest absolute Gasteiger partial charge is 0.225 e. The molecule has 9 heteroatoms. The molecule has 0 radical (unpaired) electrons. The normalized spacial score (nSPS) is 12.3. The van der Waals surface area contributed by atoms with Gasteiger partial charge in [-0.05, 0) is 48.4 Å². The Bertz CT molecular complexity index is 924. The molecule has 0 spiro atoms. The molecule has 0 heterocycles. The second-order valence-corrected chi connectivity index (χ2v) is 8.25. The van der Waals surface area contributed by atoms with Gasteiger partial charge in [-0.2, -0.15) is 0 Å². The zero-order valence-corrected chi connectivity index (χ0v) is 13.8. The monoisotopic (exact) mass is 358 g/mol. The molecule has 0 aliphatic rings. The fourth-order valence-corrected chi connectivity index (χ4v) is 3.35. The van der Waals surface area contributed by atoms with Crippen molar-refractivity contribution in [3.8, 4) is 0 Å². The first-order valence-electron chi connectivity index (χ1n) is 6.47. The van der Waals surface area contributed by atoms with Gasteiger partial charge in [0.05, 0.1) is 9.79 Å². The van der Waals surface area contributed by atoms with Gasteiger partial charge in [0.2, 0.25) is 20.0 Å². The Hall–Kier alpha value is -1.81. The van der Waals surface area contributed by atoms with E-state index in [1.165, 1.54) is 6.07 Å². The molecule has 0 aromatic heterocycles. The first-order chi connectivity index (χ1) is 10.6. The summed E-state index contributed by atoms with van der Waals surface area (Å²) in [5.41, 5.74) is 0.938. The van der Waals surface area contributed by atoms with E-state index in [0.29, 0.717) is 11.1 Å². The number of sulfonamides is 2. The number of nitrogens with two attached hydrogens (primary N) is 1. The van der Waals surface area contributed by atoms with Crippen LogP contribution in [0.2, 0.25) is 0 Å². The SMILES string of the molecule is Cc1ccc(CNS(=O)(=O)c2ccc(S(N)(=O)=O)cc2)cc1F. The Labute approximate surface area is 134 Å². The van der Waals surface area contributed by atoms with Crippen LogP contribution < -0.4 is 9.86 Å². The summed E-state index contributed by atoms with van der Waals surface area (Å²) < 4.78 is 62.3. The van der Waals surface area contributed by atoms with Crippen molar-refractivity contribution in [2.24, 2.45) is 5.14 Å². The number of hydrogen-bond acceptors (Lipinski definition) is 4. The molecule has 2 aromatic rings. The van der Waals surface area contributed by atoms with Crippen LogP contribution in [0.1, 0.15) is 11.1 Å². The van der Waals surface area contributed by atoms with E-state index in [0.717, 1.165) is 24.3 Å². The van der Waals surface area contributed by atoms with Gasteiger partial charge in [0.1, 0.15) is 5.82 Å². The van der Waals surface area contributed by atoms with Crippen LogP contribution in [0.5, 0.6) is 0 Å². The zero-order chi connectivity index (χ0) is 17.3. The lowest BCUT2D eigenvalue weighted by Gasteiger charge is -2.08. The zero-order valence-electron chi connectivity index (χ0n) is 12.2. The van der Waals surface area contributed by atoms with Crippen LogP contribution in [0.25, 0.3) is 0 Å². The number of nitrogens with one attached hydrogen (secondary N) is 1. The first-order valence-corrected chi connectivity index (χ1v) is 9.50. The van der Waals surface area contributed by atoms with Gasteiger partial charge >= 0.3 is 0 Å². The molecule has 23 heavy (non-hydrogen) atoms. The second kappa shape index (κ2) is 6.36. The maximum Gasteiger partial charge on any atom is 0.240 e. The minimum Gasteiger partial charge on any atom is -0.225 e. The summed E-state index contributed by atoms with van der Waals surface area (Å²) in [4.78, 5) is -0.297. The number of halogens is 1. The van der Waals surface area contributed by atoms with E-state index in [9.17, 15) is 21.2 Å². The Balaban J connectivity index is 2.17. The summed E-state index contributed by atoms with van der Waals surface area (Å²) >= 11 is 0. The molecule has 0 aliphatic carbocycles. The van der Waals surface area contributed by atoms with Crippen molar-refractivity contribution < 1.29 is 21.2 Å². The number of primary sulfonamides is 1. The quantitative estimate of drug-likeness (QED) is 0.839. The van der Waals surface area contributed by atoms with Crippen molar-refractivity contribution in [2.75, 3.05) is 0 Å². The van der Waals surface area contributed by atoms with Crippen LogP contribution in [0.3, 0.4) is 0 Å². The average molecular weight is 358 g/mol. The topological polar surface area (TPSA) is 106 Å². The predicted octanol–water partition coefficient (Wildman–Crippen LogP) is 1.26. The van der Waals surface area contributed by atoms with Crippen molar-refractivity contribution in [3.63, 3.8) is 0 Å². The molecule has 0 atom stereocenters. The van der Waals surface area contributed by atoms with Crippen LogP contribution in [-0.2, 0) is 26.6 Å². The van der Waals surface area contributed by atoms with Gasteiger partial charge in [0, 0.05) is 6.54 Å². The lowest BCUT2D eigenvalue weighted by Crippen LogP contribution is -2.23. The molecule has 0 aliphatic heterocycles. The molecule has 0 unspecified atom stereocenters. The molecule has 0 saturated carbocycles. The lowest BCUT2D eigenvalue weighted by atomic mass is 10.1. The maximum atomic E-state index is 13.4. The number of benzene rings is 2. The van der Waals surface area contributed by atoms with E-state index < -0.39 is 25.9 Å². The van der Waals surface area contributed by atoms with Crippen LogP contribution in [0.4, 0.5) is 4.39 Å². The van der Waals surface area contributed by atoms with E-state index in [1.54, 1.807) is 19.1 Å². The second-order valence-electron chi connectivity index (χ2n) is 4.92. The molecule has 0 amide bonds. The van der Waals surface area contributed by atoms with Crippen LogP contribution in [-0.4, -0.2) is 16.8 Å². The predicted molar refractivity (Wildman–Crippen MR) is 83.0 cm³/mol. The fourth-order valence-electron chi connectivity index (χ4n) is 1.82. The van der Waals surface area contributed by atoms with Gasteiger partial charge in [-0.3, -0.25) is 0 Å². The van der Waals surface area contributed by atoms with Crippen molar-refractivity contribution in [3.05, 3.63) is 59.4 Å². The molecule has 0 fully saturated rings. The summed E-state index contributed by atoms with van der Waals surface area (Å²) in [6, 6.07) is 8.91. The highest BCUT2D eigenvalue weighted by molar-refractivity contribution is 7.89. The molecule has 2 rings (SSSR count). The minimum absolute atomic E-state index is 0.0868. The van der Waals surface area contributed by atoms with E-state index in [-0.39, 0.29) is 16.3 Å². The van der Waals surface area contributed by atoms with E-state index in [4.69, 9.17) is 5.14 Å². The lowest BCUT2D eigenvalue weighted by molar-refractivity contribution is 0.579. The van der Waals surface area contributed by atoms with Gasteiger partial charge < -0.3 is 0 Å². The van der Waals surface area contributed by atoms with E-state index in [1.807, 2.05) is 0 Å². The van der Waals surface area contributed by atoms with Crippen LogP contribution >= 0.6 is 0 Å². The van der Waals surface area contributed by atoms with E-state index >= 15 is 0 Å². The summed E-state index contributed by atoms with van der Waals surface area (Å²) in [5, 5.41) is 4.95. The molecular weight excluding hydrogens is 343 g/mol. The third kappa shape index (κ3) is 4.35. The average Bonchev–Trinajstić information content (AvgIpc) is 2.48. The van der Waals surface area contributed by atoms with Crippen LogP contribution in [0.15, 0.2) is 52.3 Å². The Morgan fingerprint density at radius 2 is 1.57 bits per heavy atom. The summed E-state index contributed by atoms with van der Waals surface area (Å²) in [6.45, 7) is 1.52. The first kappa shape index (κ1) is 17.5. The number of aryl methyl sites for hydroxylation is 1. The minimum atomic E-state index is -3.89. The van der Waals surface area contributed by atoms with Crippen molar-refractivity contribution in [1.29, 1.82) is 0 Å². The highest BCUT2D eigenvalue weighted by atomic mass is 32.2. The molecule has 0 bridgehead atoms. The highest BCUT2D eigenvalue weighted by Crippen LogP contribution is 2.14.